The third-order valence-electron chi connectivity index (χ3n) is 3.53. The van der Waals surface area contributed by atoms with Crippen LogP contribution in [0.1, 0.15) is 38.2 Å². The van der Waals surface area contributed by atoms with E-state index in [4.69, 9.17) is 0 Å². The van der Waals surface area contributed by atoms with Crippen molar-refractivity contribution in [2.45, 2.75) is 39.5 Å². The van der Waals surface area contributed by atoms with Gasteiger partial charge in [-0.1, -0.05) is 31.9 Å². The van der Waals surface area contributed by atoms with Gasteiger partial charge in [0, 0.05) is 11.1 Å². The molecular formula is C14H19NO. The van der Waals surface area contributed by atoms with Crippen molar-refractivity contribution in [2.75, 3.05) is 5.32 Å². The molecule has 0 heterocycles. The number of aryl methyl sites for hydroxylation is 1. The molecule has 1 aromatic rings. The summed E-state index contributed by atoms with van der Waals surface area (Å²) in [6.07, 6.45) is 4.39. The first kappa shape index (κ1) is 11.2. The third kappa shape index (κ3) is 2.26. The van der Waals surface area contributed by atoms with Crippen LogP contribution in [-0.4, -0.2) is 5.91 Å². The van der Waals surface area contributed by atoms with Gasteiger partial charge in [-0.15, -0.1) is 0 Å². The summed E-state index contributed by atoms with van der Waals surface area (Å²) in [5, 5.41) is 3.03. The molecular weight excluding hydrogens is 198 g/mol. The summed E-state index contributed by atoms with van der Waals surface area (Å²) >= 11 is 0. The molecule has 1 saturated carbocycles. The van der Waals surface area contributed by atoms with Crippen molar-refractivity contribution in [1.29, 1.82) is 0 Å². The van der Waals surface area contributed by atoms with Gasteiger partial charge in [-0.05, 0) is 37.5 Å². The number of anilines is 1. The highest BCUT2D eigenvalue weighted by Crippen LogP contribution is 2.38. The highest BCUT2D eigenvalue weighted by Gasteiger charge is 2.36. The van der Waals surface area contributed by atoms with Gasteiger partial charge in [-0.25, -0.2) is 0 Å². The van der Waals surface area contributed by atoms with Crippen LogP contribution in [0.4, 0.5) is 5.69 Å². The van der Waals surface area contributed by atoms with E-state index in [0.29, 0.717) is 0 Å². The van der Waals surface area contributed by atoms with E-state index in [-0.39, 0.29) is 11.3 Å². The molecule has 0 radical (unpaired) electrons. The van der Waals surface area contributed by atoms with Gasteiger partial charge in [0.1, 0.15) is 0 Å². The van der Waals surface area contributed by atoms with Crippen molar-refractivity contribution < 1.29 is 4.79 Å². The van der Waals surface area contributed by atoms with Gasteiger partial charge in [0.25, 0.3) is 0 Å². The van der Waals surface area contributed by atoms with Crippen LogP contribution in [0.2, 0.25) is 0 Å². The van der Waals surface area contributed by atoms with Crippen LogP contribution in [0.3, 0.4) is 0 Å². The quantitative estimate of drug-likeness (QED) is 0.807. The predicted molar refractivity (Wildman–Crippen MR) is 66.4 cm³/mol. The van der Waals surface area contributed by atoms with E-state index in [1.165, 1.54) is 18.4 Å². The Morgan fingerprint density at radius 2 is 2.00 bits per heavy atom. The maximum atomic E-state index is 12.1. The van der Waals surface area contributed by atoms with Crippen molar-refractivity contribution in [3.05, 3.63) is 29.8 Å². The lowest BCUT2D eigenvalue weighted by Crippen LogP contribution is -2.30. The van der Waals surface area contributed by atoms with Crippen LogP contribution in [0.25, 0.3) is 0 Å². The summed E-state index contributed by atoms with van der Waals surface area (Å²) in [6.45, 7) is 4.11. The number of nitrogens with one attached hydrogen (secondary N) is 1. The highest BCUT2D eigenvalue weighted by atomic mass is 16.2. The summed E-state index contributed by atoms with van der Waals surface area (Å²) in [7, 11) is 0. The molecule has 0 unspecified atom stereocenters. The topological polar surface area (TPSA) is 29.1 Å². The van der Waals surface area contributed by atoms with Crippen LogP contribution in [0, 0.1) is 12.3 Å². The predicted octanol–water partition coefficient (Wildman–Crippen LogP) is 3.51. The molecule has 0 atom stereocenters. The van der Waals surface area contributed by atoms with Crippen molar-refractivity contribution >= 4 is 11.6 Å². The Hall–Kier alpha value is -1.31. The minimum absolute atomic E-state index is 0.149. The van der Waals surface area contributed by atoms with Crippen LogP contribution >= 0.6 is 0 Å². The molecule has 2 heteroatoms. The normalized spacial score (nSPS) is 18.4. The molecule has 1 aromatic carbocycles. The van der Waals surface area contributed by atoms with E-state index in [9.17, 15) is 4.79 Å². The summed E-state index contributed by atoms with van der Waals surface area (Å²) in [5.74, 6) is 0.176. The van der Waals surface area contributed by atoms with Crippen molar-refractivity contribution in [3.8, 4) is 0 Å². The van der Waals surface area contributed by atoms with E-state index in [1.807, 2.05) is 31.2 Å². The van der Waals surface area contributed by atoms with Crippen molar-refractivity contribution in [2.24, 2.45) is 5.41 Å². The van der Waals surface area contributed by atoms with E-state index in [0.717, 1.165) is 18.5 Å². The molecule has 2 rings (SSSR count). The summed E-state index contributed by atoms with van der Waals surface area (Å²) in [4.78, 5) is 12.1. The van der Waals surface area contributed by atoms with Gasteiger partial charge in [-0.3, -0.25) is 4.79 Å². The standard InChI is InChI=1S/C14H19NO/c1-11-6-5-7-12(10-11)15-13(16)14(2)8-3-4-9-14/h5-7,10H,3-4,8-9H2,1-2H3,(H,15,16). The fourth-order valence-electron chi connectivity index (χ4n) is 2.39. The monoisotopic (exact) mass is 217 g/mol. The van der Waals surface area contributed by atoms with Crippen LogP contribution in [0.5, 0.6) is 0 Å². The van der Waals surface area contributed by atoms with Gasteiger partial charge in [0.05, 0.1) is 0 Å². The number of rotatable bonds is 2. The molecule has 1 amide bonds. The van der Waals surface area contributed by atoms with Crippen LogP contribution in [-0.2, 0) is 4.79 Å². The molecule has 86 valence electrons. The molecule has 0 spiro atoms. The third-order valence-corrected chi connectivity index (χ3v) is 3.53. The van der Waals surface area contributed by atoms with Crippen molar-refractivity contribution in [1.82, 2.24) is 0 Å². The first-order valence-electron chi connectivity index (χ1n) is 5.98. The summed E-state index contributed by atoms with van der Waals surface area (Å²) in [5.41, 5.74) is 1.94. The SMILES string of the molecule is Cc1cccc(NC(=O)C2(C)CCCC2)c1. The van der Waals surface area contributed by atoms with E-state index < -0.39 is 0 Å². The van der Waals surface area contributed by atoms with Crippen LogP contribution < -0.4 is 5.32 Å². The number of hydrogen-bond donors (Lipinski definition) is 1. The first-order chi connectivity index (χ1) is 7.60. The van der Waals surface area contributed by atoms with Crippen molar-refractivity contribution in [3.63, 3.8) is 0 Å². The fraction of sp³-hybridized carbons (Fsp3) is 0.500. The Balaban J connectivity index is 2.07. The average molecular weight is 217 g/mol. The second-order valence-corrected chi connectivity index (χ2v) is 5.09. The molecule has 1 N–H and O–H groups in total. The molecule has 0 aromatic heterocycles. The number of benzene rings is 1. The van der Waals surface area contributed by atoms with Gasteiger partial charge in [0.15, 0.2) is 0 Å². The number of carbonyl (C=O) groups excluding carboxylic acids is 1. The van der Waals surface area contributed by atoms with Gasteiger partial charge in [-0.2, -0.15) is 0 Å². The zero-order chi connectivity index (χ0) is 11.6. The molecule has 2 nitrogen and oxygen atoms in total. The maximum Gasteiger partial charge on any atom is 0.230 e. The minimum Gasteiger partial charge on any atom is -0.326 e. The molecule has 1 aliphatic carbocycles. The van der Waals surface area contributed by atoms with E-state index in [2.05, 4.69) is 12.2 Å². The lowest BCUT2D eigenvalue weighted by Gasteiger charge is -2.22. The second kappa shape index (κ2) is 4.28. The Bertz CT molecular complexity index is 391. The average Bonchev–Trinajstić information content (AvgIpc) is 2.66. The molecule has 0 bridgehead atoms. The Morgan fingerprint density at radius 3 is 2.62 bits per heavy atom. The molecule has 16 heavy (non-hydrogen) atoms. The van der Waals surface area contributed by atoms with E-state index in [1.54, 1.807) is 0 Å². The first-order valence-corrected chi connectivity index (χ1v) is 5.98. The Kier molecular flexibility index (Phi) is 2.99. The molecule has 1 aliphatic rings. The van der Waals surface area contributed by atoms with Crippen LogP contribution in [0.15, 0.2) is 24.3 Å². The number of amides is 1. The molecule has 0 aliphatic heterocycles. The second-order valence-electron chi connectivity index (χ2n) is 5.09. The van der Waals surface area contributed by atoms with Gasteiger partial charge in [0.2, 0.25) is 5.91 Å². The fourth-order valence-corrected chi connectivity index (χ4v) is 2.39. The zero-order valence-electron chi connectivity index (χ0n) is 10.0. The number of carbonyl (C=O) groups is 1. The minimum atomic E-state index is -0.149. The lowest BCUT2D eigenvalue weighted by atomic mass is 9.88. The Labute approximate surface area is 97.1 Å². The van der Waals surface area contributed by atoms with Gasteiger partial charge < -0.3 is 5.32 Å². The molecule has 1 fully saturated rings. The van der Waals surface area contributed by atoms with E-state index >= 15 is 0 Å². The molecule has 0 saturated heterocycles. The smallest absolute Gasteiger partial charge is 0.230 e. The highest BCUT2D eigenvalue weighted by molar-refractivity contribution is 5.95. The Morgan fingerprint density at radius 1 is 1.31 bits per heavy atom. The zero-order valence-corrected chi connectivity index (χ0v) is 10.0. The summed E-state index contributed by atoms with van der Waals surface area (Å²) in [6, 6.07) is 7.97. The maximum absolute atomic E-state index is 12.1. The summed E-state index contributed by atoms with van der Waals surface area (Å²) < 4.78 is 0. The van der Waals surface area contributed by atoms with Gasteiger partial charge >= 0.3 is 0 Å². The lowest BCUT2D eigenvalue weighted by molar-refractivity contribution is -0.124. The largest absolute Gasteiger partial charge is 0.326 e. The number of hydrogen-bond acceptors (Lipinski definition) is 1.